The summed E-state index contributed by atoms with van der Waals surface area (Å²) in [5.74, 6) is -45.9. The van der Waals surface area contributed by atoms with Crippen LogP contribution in [-0.2, 0) is 4.65 Å². The third kappa shape index (κ3) is 6.53. The van der Waals surface area contributed by atoms with Gasteiger partial charge >= 0.3 is 0 Å². The molecule has 0 saturated heterocycles. The van der Waals surface area contributed by atoms with Crippen LogP contribution >= 0.6 is 7.92 Å². The normalized spacial score (nSPS) is 12.9. The van der Waals surface area contributed by atoms with E-state index in [2.05, 4.69) is 0 Å². The molecule has 18 heteroatoms. The van der Waals surface area contributed by atoms with Gasteiger partial charge in [-0.05, 0) is 29.3 Å². The quantitative estimate of drug-likeness (QED) is 0.0536. The largest absolute Gasteiger partial charge is 0.579 e. The Morgan fingerprint density at radius 1 is 0.396 bits per heavy atom. The summed E-state index contributed by atoms with van der Waals surface area (Å²) >= 11 is 0. The van der Waals surface area contributed by atoms with Gasteiger partial charge in [0.2, 0.25) is 6.35 Å². The average molecular weight is 729 g/mol. The Kier molecular flexibility index (Phi) is 11.3. The molecule has 266 valence electrons. The van der Waals surface area contributed by atoms with E-state index >= 15 is 26.3 Å². The van der Waals surface area contributed by atoms with E-state index in [0.29, 0.717) is 6.16 Å². The van der Waals surface area contributed by atoms with Crippen molar-refractivity contribution in [3.8, 4) is 0 Å². The number of rotatable bonds is 9. The predicted molar refractivity (Wildman–Crippen MR) is 150 cm³/mol. The summed E-state index contributed by atoms with van der Waals surface area (Å²) in [6, 6.07) is 0. The molecule has 0 aliphatic heterocycles. The lowest BCUT2D eigenvalue weighted by Gasteiger charge is -2.44. The lowest BCUT2D eigenvalue weighted by Crippen LogP contribution is -2.75. The van der Waals surface area contributed by atoms with Crippen molar-refractivity contribution >= 4 is 30.7 Å². The number of halogens is 15. The second kappa shape index (κ2) is 13.8. The second-order valence-corrected chi connectivity index (χ2v) is 16.8. The van der Waals surface area contributed by atoms with Crippen molar-refractivity contribution in [2.24, 2.45) is 0 Å². The third-order valence-corrected chi connectivity index (χ3v) is 11.7. The van der Waals surface area contributed by atoms with Gasteiger partial charge in [-0.2, -0.15) is 0 Å². The van der Waals surface area contributed by atoms with E-state index < -0.39 is 131 Å². The summed E-state index contributed by atoms with van der Waals surface area (Å²) in [6.07, 6.45) is -6.10. The van der Waals surface area contributed by atoms with Crippen molar-refractivity contribution < 1.29 is 70.5 Å². The van der Waals surface area contributed by atoms with Gasteiger partial charge in [-0.3, -0.25) is 0 Å². The van der Waals surface area contributed by atoms with Gasteiger partial charge in [0.25, 0.3) is 0 Å². The van der Waals surface area contributed by atoms with Gasteiger partial charge in [0.1, 0.15) is 34.9 Å². The van der Waals surface area contributed by atoms with Crippen molar-refractivity contribution in [2.45, 2.75) is 64.7 Å². The number of hydrogen-bond donors (Lipinski definition) is 0. The van der Waals surface area contributed by atoms with Gasteiger partial charge in [0, 0.05) is 6.61 Å². The molecule has 3 aromatic rings. The van der Waals surface area contributed by atoms with Gasteiger partial charge in [0.05, 0.1) is 0 Å². The van der Waals surface area contributed by atoms with Crippen molar-refractivity contribution in [1.29, 1.82) is 0 Å². The first-order chi connectivity index (χ1) is 21.9. The molecule has 0 bridgehead atoms. The molecule has 0 saturated carbocycles. The van der Waals surface area contributed by atoms with Crippen molar-refractivity contribution in [3.63, 3.8) is 0 Å². The Morgan fingerprint density at radius 2 is 0.625 bits per heavy atom. The van der Waals surface area contributed by atoms with Crippen LogP contribution in [0.4, 0.5) is 65.9 Å². The van der Waals surface area contributed by atoms with Crippen LogP contribution in [0.25, 0.3) is 0 Å². The SMILES string of the molecule is CC(C)(C)P(CCCCO[B-](c1c(F)c(F)c(F)c(F)c1F)(c1c(F)c(F)c(F)c(F)c1F)c1c(F)c(F)c(F)c(F)c1F)C(C)(C)C. The minimum Gasteiger partial charge on any atom is -0.579 e. The summed E-state index contributed by atoms with van der Waals surface area (Å²) in [5.41, 5.74) is -8.32. The smallest absolute Gasteiger partial charge is 0.216 e. The molecule has 0 atom stereocenters. The van der Waals surface area contributed by atoms with Gasteiger partial charge in [-0.1, -0.05) is 65.9 Å². The maximum atomic E-state index is 15.5. The number of benzene rings is 3. The summed E-state index contributed by atoms with van der Waals surface area (Å²) in [6.45, 7) is 10.1. The lowest BCUT2D eigenvalue weighted by molar-refractivity contribution is 0.304. The first-order valence-corrected chi connectivity index (χ1v) is 15.5. The zero-order chi connectivity index (χ0) is 37.0. The summed E-state index contributed by atoms with van der Waals surface area (Å²) in [4.78, 5) is 0. The maximum absolute atomic E-state index is 15.5. The van der Waals surface area contributed by atoms with Gasteiger partial charge in [0.15, 0.2) is 52.4 Å². The zero-order valence-corrected chi connectivity index (χ0v) is 26.8. The molecule has 0 spiro atoms. The van der Waals surface area contributed by atoms with E-state index in [1.807, 2.05) is 41.5 Å². The minimum atomic E-state index is -5.99. The van der Waals surface area contributed by atoms with Gasteiger partial charge < -0.3 is 4.65 Å². The van der Waals surface area contributed by atoms with Crippen LogP contribution < -0.4 is 16.4 Å². The summed E-state index contributed by atoms with van der Waals surface area (Å²) < 4.78 is 228. The highest BCUT2D eigenvalue weighted by molar-refractivity contribution is 7.60. The molecule has 0 N–H and O–H groups in total. The highest BCUT2D eigenvalue weighted by atomic mass is 31.1. The Labute approximate surface area is 266 Å². The number of hydrogen-bond acceptors (Lipinski definition) is 1. The van der Waals surface area contributed by atoms with Crippen LogP contribution in [0, 0.1) is 87.3 Å². The van der Waals surface area contributed by atoms with E-state index in [1.54, 1.807) is 0 Å². The van der Waals surface area contributed by atoms with Gasteiger partial charge in [-0.25, -0.2) is 65.9 Å². The van der Waals surface area contributed by atoms with Crippen LogP contribution in [-0.4, -0.2) is 29.4 Å². The molecule has 48 heavy (non-hydrogen) atoms. The molecule has 1 nitrogen and oxygen atoms in total. The molecule has 0 radical (unpaired) electrons. The maximum Gasteiger partial charge on any atom is 0.216 e. The Hall–Kier alpha value is -2.94. The van der Waals surface area contributed by atoms with Crippen molar-refractivity contribution in [1.82, 2.24) is 0 Å². The molecule has 0 heterocycles. The van der Waals surface area contributed by atoms with Crippen molar-refractivity contribution in [3.05, 3.63) is 87.3 Å². The summed E-state index contributed by atoms with van der Waals surface area (Å²) in [7, 11) is -0.920. The van der Waals surface area contributed by atoms with E-state index in [0.717, 1.165) is 0 Å². The van der Waals surface area contributed by atoms with E-state index in [-0.39, 0.29) is 16.7 Å². The molecule has 3 aromatic carbocycles. The molecule has 0 amide bonds. The van der Waals surface area contributed by atoms with Crippen LogP contribution in [0.15, 0.2) is 0 Å². The average Bonchev–Trinajstić information content (AvgIpc) is 2.99. The Balaban J connectivity index is 2.53. The second-order valence-electron chi connectivity index (χ2n) is 12.8. The van der Waals surface area contributed by atoms with Crippen LogP contribution in [0.1, 0.15) is 54.4 Å². The van der Waals surface area contributed by atoms with Crippen LogP contribution in [0.3, 0.4) is 0 Å². The van der Waals surface area contributed by atoms with E-state index in [4.69, 9.17) is 4.65 Å². The van der Waals surface area contributed by atoms with E-state index in [9.17, 15) is 39.5 Å². The molecule has 0 aliphatic carbocycles. The zero-order valence-electron chi connectivity index (χ0n) is 25.9. The monoisotopic (exact) mass is 729 g/mol. The van der Waals surface area contributed by atoms with Crippen LogP contribution in [0.5, 0.6) is 0 Å². The molecule has 0 fully saturated rings. The molecule has 0 unspecified atom stereocenters. The topological polar surface area (TPSA) is 9.23 Å². The molecule has 0 aliphatic rings. The van der Waals surface area contributed by atoms with E-state index in [1.165, 1.54) is 0 Å². The lowest BCUT2D eigenvalue weighted by atomic mass is 9.27. The van der Waals surface area contributed by atoms with Crippen molar-refractivity contribution in [2.75, 3.05) is 12.8 Å². The first kappa shape index (κ1) is 39.5. The Morgan fingerprint density at radius 3 is 0.854 bits per heavy atom. The summed E-state index contributed by atoms with van der Waals surface area (Å²) in [5, 5.41) is -0.634. The molecule has 3 rings (SSSR count). The van der Waals surface area contributed by atoms with Crippen LogP contribution in [0.2, 0.25) is 0 Å². The highest BCUT2D eigenvalue weighted by Gasteiger charge is 2.49. The minimum absolute atomic E-state index is 0.0116. The standard InChI is InChI=1S/C30H26BF15OP/c1-29(2,3)48(30(4,5)6)10-8-7-9-47-31(11-14(32)20(38)26(44)21(39)15(11)33,12-16(34)22(40)27(45)23(41)17(12)35)13-18(36)24(42)28(46)25(43)19(13)37/h7-10H2,1-6H3/q-1. The number of unbranched alkanes of at least 4 members (excludes halogenated alkanes) is 1. The highest BCUT2D eigenvalue weighted by Crippen LogP contribution is 2.59. The Bertz CT molecular complexity index is 1480. The fraction of sp³-hybridized carbons (Fsp3) is 0.400. The first-order valence-electron chi connectivity index (χ1n) is 14.0. The molecular formula is C30H26BF15OP-. The molecular weight excluding hydrogens is 703 g/mol. The van der Waals surface area contributed by atoms with Gasteiger partial charge in [-0.15, -0.1) is 0 Å². The fourth-order valence-electron chi connectivity index (χ4n) is 5.93. The third-order valence-electron chi connectivity index (χ3n) is 7.71. The molecule has 0 aromatic heterocycles. The fourth-order valence-corrected chi connectivity index (χ4v) is 9.82. The predicted octanol–water partition coefficient (Wildman–Crippen LogP) is 8.62.